The van der Waals surface area contributed by atoms with E-state index in [0.29, 0.717) is 83.1 Å². The van der Waals surface area contributed by atoms with E-state index >= 15 is 4.39 Å². The van der Waals surface area contributed by atoms with Crippen LogP contribution in [0.4, 0.5) is 22.8 Å². The van der Waals surface area contributed by atoms with Gasteiger partial charge in [0.15, 0.2) is 11.5 Å². The Kier molecular flexibility index (Phi) is 12.1. The molecule has 5 atom stereocenters. The minimum atomic E-state index is -3.86. The number of aromatic amines is 2. The van der Waals surface area contributed by atoms with Crippen molar-refractivity contribution in [1.82, 2.24) is 44.9 Å². The molecular formula is C50H52F3N9O9. The lowest BCUT2D eigenvalue weighted by Crippen LogP contribution is -2.51. The maximum atomic E-state index is 16.9. The lowest BCUT2D eigenvalue weighted by Gasteiger charge is -2.31. The van der Waals surface area contributed by atoms with Crippen LogP contribution in [-0.4, -0.2) is 104 Å². The fraction of sp³-hybridized carbons (Fsp3) is 0.400. The van der Waals surface area contributed by atoms with Crippen molar-refractivity contribution in [1.29, 1.82) is 0 Å². The Labute approximate surface area is 405 Å². The van der Waals surface area contributed by atoms with Crippen molar-refractivity contribution in [3.63, 3.8) is 0 Å². The Bertz CT molecular complexity index is 3080. The van der Waals surface area contributed by atoms with Crippen LogP contribution in [0.5, 0.6) is 17.2 Å². The number of methoxy groups -OCH3 is 2. The fourth-order valence-corrected chi connectivity index (χ4v) is 10.1. The third-order valence-electron chi connectivity index (χ3n) is 13.6. The van der Waals surface area contributed by atoms with Gasteiger partial charge in [0, 0.05) is 35.2 Å². The maximum absolute atomic E-state index is 16.9. The van der Waals surface area contributed by atoms with E-state index in [1.165, 1.54) is 32.4 Å². The number of fused-ring (bicyclic) bond motifs is 6. The second-order valence-corrected chi connectivity index (χ2v) is 18.8. The third kappa shape index (κ3) is 8.60. The molecule has 18 nitrogen and oxygen atoms in total. The van der Waals surface area contributed by atoms with Gasteiger partial charge in [-0.05, 0) is 86.1 Å². The molecule has 3 aromatic heterocycles. The first-order valence-electron chi connectivity index (χ1n) is 23.5. The number of alkyl halides is 2. The standard InChI is InChI=1S/C50H52F3N9O9/c1-24(2)41(58-48(65)67-5)45(63)60-15-7-9-34(60)43-54-22-31(56-43)26-11-13-33-29(17-26)19-36-40-30(51)18-28(21-39(40)69-47(62(33)36)27-12-14-37-38(20-27)71-50(52,53)70-37)32-23-55-44(57-32)35-10-8-16-61(35)46(64)42(25(3)4)59-49(66)68-6/h11-14,17-25,34-35,41-42,47H,7-10,15-16H2,1-6H3,(H,54,56)(H,55,57)(H,58,65)(H,59,66)/t34-,35-,41-,42-,47?/m0/s1. The minimum Gasteiger partial charge on any atom is -0.465 e. The van der Waals surface area contributed by atoms with Crippen molar-refractivity contribution in [2.75, 3.05) is 27.3 Å². The number of hydrogen-bond acceptors (Lipinski definition) is 11. The number of carbonyl (C=O) groups is 4. The number of rotatable bonds is 11. The number of imidazole rings is 2. The number of amides is 4. The number of nitrogens with zero attached hydrogens (tertiary/aromatic N) is 5. The van der Waals surface area contributed by atoms with Crippen LogP contribution in [0.3, 0.4) is 0 Å². The van der Waals surface area contributed by atoms with Crippen LogP contribution in [0.2, 0.25) is 0 Å². The van der Waals surface area contributed by atoms with Crippen LogP contribution in [0.1, 0.15) is 88.9 Å². The van der Waals surface area contributed by atoms with Gasteiger partial charge >= 0.3 is 18.5 Å². The summed E-state index contributed by atoms with van der Waals surface area (Å²) in [7, 11) is 2.49. The summed E-state index contributed by atoms with van der Waals surface area (Å²) in [5.41, 5.74) is 3.94. The Morgan fingerprint density at radius 1 is 0.732 bits per heavy atom. The monoisotopic (exact) mass is 979 g/mol. The van der Waals surface area contributed by atoms with Crippen molar-refractivity contribution in [2.24, 2.45) is 11.8 Å². The molecule has 0 radical (unpaired) electrons. The molecule has 4 amide bonds. The Balaban J connectivity index is 0.986. The number of ether oxygens (including phenoxy) is 5. The molecular weight excluding hydrogens is 928 g/mol. The second-order valence-electron chi connectivity index (χ2n) is 18.8. The number of benzene rings is 3. The highest BCUT2D eigenvalue weighted by atomic mass is 19.3. The van der Waals surface area contributed by atoms with E-state index in [1.807, 2.05) is 52.0 Å². The first-order chi connectivity index (χ1) is 34.0. The van der Waals surface area contributed by atoms with Crippen LogP contribution >= 0.6 is 0 Å². The molecule has 7 heterocycles. The largest absolute Gasteiger partial charge is 0.586 e. The van der Waals surface area contributed by atoms with Gasteiger partial charge in [-0.3, -0.25) is 9.59 Å². The average Bonchev–Trinajstić information content (AvgIpc) is 4.21. The zero-order chi connectivity index (χ0) is 50.0. The number of H-pyrrole nitrogens is 2. The van der Waals surface area contributed by atoms with Gasteiger partial charge in [0.2, 0.25) is 18.0 Å². The molecule has 1 unspecified atom stereocenters. The number of aromatic nitrogens is 5. The Morgan fingerprint density at radius 2 is 1.31 bits per heavy atom. The zero-order valence-corrected chi connectivity index (χ0v) is 39.7. The molecule has 4 aliphatic heterocycles. The molecule has 0 aliphatic carbocycles. The van der Waals surface area contributed by atoms with E-state index in [9.17, 15) is 28.0 Å². The van der Waals surface area contributed by atoms with E-state index < -0.39 is 48.7 Å². The molecule has 71 heavy (non-hydrogen) atoms. The Morgan fingerprint density at radius 3 is 1.89 bits per heavy atom. The molecule has 21 heteroatoms. The summed E-state index contributed by atoms with van der Waals surface area (Å²) in [6.45, 7) is 8.31. The summed E-state index contributed by atoms with van der Waals surface area (Å²) in [5.74, 6) is -0.630. The molecule has 0 spiro atoms. The highest BCUT2D eigenvalue weighted by Crippen LogP contribution is 2.50. The van der Waals surface area contributed by atoms with E-state index in [4.69, 9.17) is 28.7 Å². The quantitative estimate of drug-likeness (QED) is 0.0967. The average molecular weight is 980 g/mol. The first kappa shape index (κ1) is 47.0. The van der Waals surface area contributed by atoms with Gasteiger partial charge in [-0.25, -0.2) is 23.9 Å². The van der Waals surface area contributed by atoms with Crippen LogP contribution in [0, 0.1) is 17.7 Å². The number of likely N-dealkylation sites (tertiary alicyclic amines) is 2. The number of hydrogen-bond donors (Lipinski definition) is 4. The van der Waals surface area contributed by atoms with Crippen molar-refractivity contribution >= 4 is 34.9 Å². The second kappa shape index (κ2) is 18.2. The van der Waals surface area contributed by atoms with Crippen molar-refractivity contribution in [3.05, 3.63) is 90.0 Å². The lowest BCUT2D eigenvalue weighted by atomic mass is 10.0. The van der Waals surface area contributed by atoms with Gasteiger partial charge in [-0.15, -0.1) is 8.78 Å². The third-order valence-corrected chi connectivity index (χ3v) is 13.6. The van der Waals surface area contributed by atoms with Crippen LogP contribution < -0.4 is 24.8 Å². The summed E-state index contributed by atoms with van der Waals surface area (Å²) in [5, 5.41) is 6.02. The van der Waals surface area contributed by atoms with Gasteiger partial charge in [-0.2, -0.15) is 0 Å². The minimum absolute atomic E-state index is 0.149. The molecule has 0 saturated carbocycles. The van der Waals surface area contributed by atoms with Gasteiger partial charge in [0.25, 0.3) is 0 Å². The van der Waals surface area contributed by atoms with Gasteiger partial charge in [-0.1, -0.05) is 33.8 Å². The molecule has 3 aromatic carbocycles. The predicted molar refractivity (Wildman–Crippen MR) is 250 cm³/mol. The van der Waals surface area contributed by atoms with E-state index in [0.717, 1.165) is 12.0 Å². The normalized spacial score (nSPS) is 19.6. The summed E-state index contributed by atoms with van der Waals surface area (Å²) >= 11 is 0. The topological polar surface area (TPSA) is 207 Å². The molecule has 6 aromatic rings. The maximum Gasteiger partial charge on any atom is 0.586 e. The van der Waals surface area contributed by atoms with Crippen LogP contribution in [0.25, 0.3) is 44.7 Å². The van der Waals surface area contributed by atoms with Gasteiger partial charge in [0.05, 0.1) is 66.9 Å². The highest BCUT2D eigenvalue weighted by molar-refractivity contribution is 5.93. The number of halogens is 3. The molecule has 4 N–H and O–H groups in total. The van der Waals surface area contributed by atoms with Crippen LogP contribution in [-0.2, 0) is 19.1 Å². The summed E-state index contributed by atoms with van der Waals surface area (Å²) in [6, 6.07) is 12.5. The molecule has 4 aliphatic rings. The van der Waals surface area contributed by atoms with Crippen LogP contribution in [0.15, 0.2) is 67.0 Å². The number of nitrogens with one attached hydrogen (secondary N) is 4. The summed E-state index contributed by atoms with van der Waals surface area (Å²) in [6.07, 6.45) is -0.292. The van der Waals surface area contributed by atoms with Gasteiger partial charge in [0.1, 0.15) is 35.3 Å². The lowest BCUT2D eigenvalue weighted by molar-refractivity contribution is -0.286. The molecule has 372 valence electrons. The van der Waals surface area contributed by atoms with Crippen molar-refractivity contribution < 1.29 is 56.0 Å². The SMILES string of the molecule is COC(=O)N[C@H](C(=O)N1CCC[C@H]1c1ncc(-c2cc(F)c3c(c2)OC(c2ccc4c(c2)OC(F)(F)O4)n2c-3cc3cc(-c4cnc([C@@H]5CCCN5C(=O)[C@@H](NC(=O)OC)C(C)C)[nH]4)ccc32)[nH]1)C(C)C. The highest BCUT2D eigenvalue weighted by Gasteiger charge is 2.45. The summed E-state index contributed by atoms with van der Waals surface area (Å²) < 4.78 is 73.0. The van der Waals surface area contributed by atoms with Gasteiger partial charge < -0.3 is 58.7 Å². The smallest absolute Gasteiger partial charge is 0.465 e. The van der Waals surface area contributed by atoms with Crippen molar-refractivity contribution in [3.8, 4) is 51.0 Å². The fourth-order valence-electron chi connectivity index (χ4n) is 10.1. The first-order valence-corrected chi connectivity index (χ1v) is 23.5. The van der Waals surface area contributed by atoms with E-state index in [-0.39, 0.29) is 52.5 Å². The van der Waals surface area contributed by atoms with E-state index in [2.05, 4.69) is 25.6 Å². The zero-order valence-electron chi connectivity index (χ0n) is 39.7. The van der Waals surface area contributed by atoms with E-state index in [1.54, 1.807) is 38.9 Å². The predicted octanol–water partition coefficient (Wildman–Crippen LogP) is 8.58. The number of carbonyl (C=O) groups excluding carboxylic acids is 4. The van der Waals surface area contributed by atoms with Crippen molar-refractivity contribution in [2.45, 2.75) is 90.1 Å². The summed E-state index contributed by atoms with van der Waals surface area (Å²) in [4.78, 5) is 71.4. The number of alkyl carbamates (subject to hydrolysis) is 2. The molecule has 0 bridgehead atoms. The molecule has 2 fully saturated rings. The molecule has 10 rings (SSSR count). The Hall–Kier alpha value is -7.71. The molecule has 2 saturated heterocycles.